The summed E-state index contributed by atoms with van der Waals surface area (Å²) >= 11 is 0. The predicted octanol–water partition coefficient (Wildman–Crippen LogP) is 0.898. The number of ether oxygens (including phenoxy) is 1. The first-order chi connectivity index (χ1) is 5.83. The van der Waals surface area contributed by atoms with E-state index in [0.29, 0.717) is 5.71 Å². The molecule has 1 heterocycles. The van der Waals surface area contributed by atoms with Crippen LogP contribution in [0, 0.1) is 0 Å². The number of nitrogens with zero attached hydrogens (tertiary/aromatic N) is 1. The molecule has 0 aromatic rings. The van der Waals surface area contributed by atoms with Gasteiger partial charge in [0.2, 0.25) is 6.29 Å². The molecule has 1 unspecified atom stereocenters. The van der Waals surface area contributed by atoms with E-state index in [9.17, 15) is 0 Å². The number of hydrogen-bond acceptors (Lipinski definition) is 4. The lowest BCUT2D eigenvalue weighted by Gasteiger charge is -2.20. The molecule has 0 saturated carbocycles. The highest BCUT2D eigenvalue weighted by atomic mass is 16.8. The highest BCUT2D eigenvalue weighted by Crippen LogP contribution is 2.13. The topological polar surface area (TPSA) is 51.1 Å². The Balaban J connectivity index is 2.21. The quantitative estimate of drug-likeness (QED) is 0.509. The Bertz CT molecular complexity index is 152. The fourth-order valence-corrected chi connectivity index (χ4v) is 0.972. The van der Waals surface area contributed by atoms with Crippen LogP contribution in [0.25, 0.3) is 0 Å². The predicted molar refractivity (Wildman–Crippen MR) is 44.9 cm³/mol. The monoisotopic (exact) mass is 173 g/mol. The maximum Gasteiger partial charge on any atom is 0.226 e. The average molecular weight is 173 g/mol. The van der Waals surface area contributed by atoms with Crippen molar-refractivity contribution in [1.82, 2.24) is 0 Å². The second kappa shape index (κ2) is 5.11. The van der Waals surface area contributed by atoms with Gasteiger partial charge in [0.1, 0.15) is 0 Å². The summed E-state index contributed by atoms with van der Waals surface area (Å²) in [6, 6.07) is 0. The van der Waals surface area contributed by atoms with Crippen LogP contribution >= 0.6 is 0 Å². The normalized spacial score (nSPS) is 25.5. The van der Waals surface area contributed by atoms with Gasteiger partial charge in [0.15, 0.2) is 0 Å². The zero-order chi connectivity index (χ0) is 8.81. The molecule has 70 valence electrons. The lowest BCUT2D eigenvalue weighted by atomic mass is 10.2. The van der Waals surface area contributed by atoms with Crippen LogP contribution in [0.15, 0.2) is 5.16 Å². The molecule has 0 radical (unpaired) electrons. The number of aliphatic hydroxyl groups is 1. The Morgan fingerprint density at radius 3 is 3.08 bits per heavy atom. The van der Waals surface area contributed by atoms with Crippen molar-refractivity contribution in [2.24, 2.45) is 5.16 Å². The van der Waals surface area contributed by atoms with Gasteiger partial charge in [0.05, 0.1) is 18.9 Å². The van der Waals surface area contributed by atoms with Crippen LogP contribution in [0.3, 0.4) is 0 Å². The zero-order valence-corrected chi connectivity index (χ0v) is 7.32. The zero-order valence-electron chi connectivity index (χ0n) is 7.32. The van der Waals surface area contributed by atoms with Crippen molar-refractivity contribution >= 4 is 5.71 Å². The Hall–Kier alpha value is -0.610. The molecular formula is C8H15NO3. The first kappa shape index (κ1) is 9.48. The van der Waals surface area contributed by atoms with E-state index in [-0.39, 0.29) is 12.9 Å². The van der Waals surface area contributed by atoms with Gasteiger partial charge < -0.3 is 14.7 Å². The molecule has 0 aromatic carbocycles. The highest BCUT2D eigenvalue weighted by Gasteiger charge is 2.14. The standard InChI is InChI=1S/C8H15NO3/c1-7(6-10)9-12-8-4-2-3-5-11-8/h8,10H,2-6H2,1H3. The van der Waals surface area contributed by atoms with E-state index in [4.69, 9.17) is 14.7 Å². The highest BCUT2D eigenvalue weighted by molar-refractivity contribution is 5.82. The molecule has 1 atom stereocenters. The van der Waals surface area contributed by atoms with Crippen molar-refractivity contribution < 1.29 is 14.7 Å². The molecule has 1 aliphatic rings. The van der Waals surface area contributed by atoms with E-state index in [1.165, 1.54) is 0 Å². The Morgan fingerprint density at radius 2 is 2.50 bits per heavy atom. The third kappa shape index (κ3) is 3.19. The summed E-state index contributed by atoms with van der Waals surface area (Å²) in [4.78, 5) is 5.04. The van der Waals surface area contributed by atoms with Gasteiger partial charge in [-0.05, 0) is 19.8 Å². The van der Waals surface area contributed by atoms with E-state index in [1.54, 1.807) is 6.92 Å². The smallest absolute Gasteiger partial charge is 0.226 e. The summed E-state index contributed by atoms with van der Waals surface area (Å²) in [6.45, 7) is 2.40. The molecule has 0 spiro atoms. The Labute approximate surface area is 72.2 Å². The summed E-state index contributed by atoms with van der Waals surface area (Å²) in [5, 5.41) is 12.3. The van der Waals surface area contributed by atoms with E-state index >= 15 is 0 Å². The Kier molecular flexibility index (Phi) is 4.04. The number of aliphatic hydroxyl groups excluding tert-OH is 1. The van der Waals surface area contributed by atoms with Crippen molar-refractivity contribution in [3.05, 3.63) is 0 Å². The van der Waals surface area contributed by atoms with Crippen LogP contribution in [0.5, 0.6) is 0 Å². The number of hydrogen-bond donors (Lipinski definition) is 1. The maximum absolute atomic E-state index is 8.61. The minimum absolute atomic E-state index is 0.0628. The molecule has 0 aliphatic carbocycles. The third-order valence-corrected chi connectivity index (χ3v) is 1.69. The van der Waals surface area contributed by atoms with Gasteiger partial charge in [0.25, 0.3) is 0 Å². The van der Waals surface area contributed by atoms with Crippen molar-refractivity contribution in [2.45, 2.75) is 32.5 Å². The van der Waals surface area contributed by atoms with Crippen LogP contribution < -0.4 is 0 Å². The minimum atomic E-state index is -0.208. The van der Waals surface area contributed by atoms with E-state index in [2.05, 4.69) is 5.16 Å². The SMILES string of the molecule is CC(CO)=NOC1CCCCO1. The van der Waals surface area contributed by atoms with E-state index in [1.807, 2.05) is 0 Å². The summed E-state index contributed by atoms with van der Waals surface area (Å²) in [5.74, 6) is 0. The molecule has 1 fully saturated rings. The van der Waals surface area contributed by atoms with Crippen molar-refractivity contribution in [2.75, 3.05) is 13.2 Å². The van der Waals surface area contributed by atoms with Gasteiger partial charge in [-0.25, -0.2) is 0 Å². The fourth-order valence-electron chi connectivity index (χ4n) is 0.972. The van der Waals surface area contributed by atoms with Gasteiger partial charge in [-0.15, -0.1) is 0 Å². The van der Waals surface area contributed by atoms with Crippen LogP contribution in [-0.4, -0.2) is 30.3 Å². The Morgan fingerprint density at radius 1 is 1.67 bits per heavy atom. The third-order valence-electron chi connectivity index (χ3n) is 1.69. The molecule has 0 aromatic heterocycles. The van der Waals surface area contributed by atoms with E-state index in [0.717, 1.165) is 25.9 Å². The van der Waals surface area contributed by atoms with Gasteiger partial charge in [-0.1, -0.05) is 5.16 Å². The van der Waals surface area contributed by atoms with Crippen molar-refractivity contribution in [3.8, 4) is 0 Å². The molecule has 1 rings (SSSR count). The van der Waals surface area contributed by atoms with Crippen LogP contribution in [0.4, 0.5) is 0 Å². The summed E-state index contributed by atoms with van der Waals surface area (Å²) in [5.41, 5.74) is 0.573. The molecule has 12 heavy (non-hydrogen) atoms. The second-order valence-electron chi connectivity index (χ2n) is 2.89. The molecule has 4 nitrogen and oxygen atoms in total. The first-order valence-corrected chi connectivity index (χ1v) is 4.24. The maximum atomic E-state index is 8.61. The molecule has 1 aliphatic heterocycles. The van der Waals surface area contributed by atoms with Crippen molar-refractivity contribution in [1.29, 1.82) is 0 Å². The molecule has 1 N–H and O–H groups in total. The molecule has 1 saturated heterocycles. The lowest BCUT2D eigenvalue weighted by molar-refractivity contribution is -0.162. The molecule has 0 amide bonds. The second-order valence-corrected chi connectivity index (χ2v) is 2.89. The largest absolute Gasteiger partial charge is 0.390 e. The number of oxime groups is 1. The van der Waals surface area contributed by atoms with Crippen LogP contribution in [0.1, 0.15) is 26.2 Å². The summed E-state index contributed by atoms with van der Waals surface area (Å²) in [6.07, 6.45) is 2.91. The van der Waals surface area contributed by atoms with Gasteiger partial charge in [-0.3, -0.25) is 0 Å². The van der Waals surface area contributed by atoms with Crippen LogP contribution in [-0.2, 0) is 9.57 Å². The molecular weight excluding hydrogens is 158 g/mol. The summed E-state index contributed by atoms with van der Waals surface area (Å²) in [7, 11) is 0. The molecule has 0 bridgehead atoms. The molecule has 4 heteroatoms. The summed E-state index contributed by atoms with van der Waals surface area (Å²) < 4.78 is 5.26. The average Bonchev–Trinajstić information content (AvgIpc) is 2.16. The van der Waals surface area contributed by atoms with Crippen molar-refractivity contribution in [3.63, 3.8) is 0 Å². The minimum Gasteiger partial charge on any atom is -0.390 e. The van der Waals surface area contributed by atoms with E-state index < -0.39 is 0 Å². The fraction of sp³-hybridized carbons (Fsp3) is 0.875. The first-order valence-electron chi connectivity index (χ1n) is 4.24. The van der Waals surface area contributed by atoms with Crippen LogP contribution in [0.2, 0.25) is 0 Å². The lowest BCUT2D eigenvalue weighted by Crippen LogP contribution is -2.20. The van der Waals surface area contributed by atoms with Gasteiger partial charge >= 0.3 is 0 Å². The van der Waals surface area contributed by atoms with Gasteiger partial charge in [-0.2, -0.15) is 0 Å². The number of rotatable bonds is 3. The van der Waals surface area contributed by atoms with Gasteiger partial charge in [0, 0.05) is 6.42 Å².